The van der Waals surface area contributed by atoms with Gasteiger partial charge >= 0.3 is 0 Å². The number of hydrogen-bond acceptors (Lipinski definition) is 5. The third kappa shape index (κ3) is 9.54. The van der Waals surface area contributed by atoms with Gasteiger partial charge in [0.15, 0.2) is 0 Å². The second-order valence-corrected chi connectivity index (χ2v) is 9.37. The summed E-state index contributed by atoms with van der Waals surface area (Å²) in [7, 11) is -2.72. The lowest BCUT2D eigenvalue weighted by Gasteiger charge is -2.10. The first-order valence-electron chi connectivity index (χ1n) is 7.26. The molecular formula is C14H25N3O4S2. The molecule has 1 aromatic rings. The summed E-state index contributed by atoms with van der Waals surface area (Å²) in [5, 5.41) is 0. The number of rotatable bonds is 10. The Bertz CT molecular complexity index is 683. The fourth-order valence-corrected chi connectivity index (χ4v) is 3.57. The summed E-state index contributed by atoms with van der Waals surface area (Å²) in [6.45, 7) is 1.26. The Morgan fingerprint density at radius 2 is 1.65 bits per heavy atom. The monoisotopic (exact) mass is 363 g/mol. The molecule has 0 aliphatic rings. The molecule has 0 fully saturated rings. The molecule has 0 aliphatic carbocycles. The van der Waals surface area contributed by atoms with Gasteiger partial charge in [-0.1, -0.05) is 12.1 Å². The van der Waals surface area contributed by atoms with E-state index in [1.165, 1.54) is 0 Å². The Morgan fingerprint density at radius 3 is 2.17 bits per heavy atom. The maximum atomic E-state index is 11.9. The van der Waals surface area contributed by atoms with Gasteiger partial charge in [0.25, 0.3) is 0 Å². The van der Waals surface area contributed by atoms with E-state index in [9.17, 15) is 16.8 Å². The van der Waals surface area contributed by atoms with Gasteiger partial charge in [-0.15, -0.1) is 0 Å². The standard InChI is InChI=1S/C14H25N3O4S2/c1-17(2)11-4-10-15-23(20,21)12-9-13-5-7-14(8-6-13)16-22(3,18)19/h5-8,15-16H,4,9-12H2,1-3H3. The van der Waals surface area contributed by atoms with Gasteiger partial charge < -0.3 is 4.90 Å². The molecule has 0 aliphatic heterocycles. The van der Waals surface area contributed by atoms with Crippen LogP contribution in [0.2, 0.25) is 0 Å². The topological polar surface area (TPSA) is 95.6 Å². The van der Waals surface area contributed by atoms with E-state index in [0.717, 1.165) is 24.8 Å². The Hall–Kier alpha value is -1.16. The Labute approximate surface area is 139 Å². The minimum Gasteiger partial charge on any atom is -0.309 e. The highest BCUT2D eigenvalue weighted by Crippen LogP contribution is 2.11. The highest BCUT2D eigenvalue weighted by molar-refractivity contribution is 7.92. The molecule has 0 heterocycles. The first-order valence-corrected chi connectivity index (χ1v) is 10.8. The summed E-state index contributed by atoms with van der Waals surface area (Å²) >= 11 is 0. The van der Waals surface area contributed by atoms with E-state index in [1.807, 2.05) is 19.0 Å². The zero-order valence-electron chi connectivity index (χ0n) is 13.7. The molecule has 7 nitrogen and oxygen atoms in total. The maximum Gasteiger partial charge on any atom is 0.229 e. The minimum atomic E-state index is -3.30. The van der Waals surface area contributed by atoms with Crippen molar-refractivity contribution in [2.24, 2.45) is 0 Å². The van der Waals surface area contributed by atoms with Gasteiger partial charge in [0, 0.05) is 12.2 Å². The Balaban J connectivity index is 2.44. The number of hydrogen-bond donors (Lipinski definition) is 2. The molecule has 0 spiro atoms. The molecule has 0 amide bonds. The molecule has 2 N–H and O–H groups in total. The number of benzene rings is 1. The Kier molecular flexibility index (Phi) is 7.46. The average Bonchev–Trinajstić information content (AvgIpc) is 2.41. The fourth-order valence-electron chi connectivity index (χ4n) is 1.90. The first kappa shape index (κ1) is 19.9. The van der Waals surface area contributed by atoms with Crippen molar-refractivity contribution in [3.63, 3.8) is 0 Å². The minimum absolute atomic E-state index is 0.00775. The summed E-state index contributed by atoms with van der Waals surface area (Å²) < 4.78 is 50.9. The van der Waals surface area contributed by atoms with Crippen LogP contribution in [0.4, 0.5) is 5.69 Å². The molecule has 132 valence electrons. The van der Waals surface area contributed by atoms with Crippen molar-refractivity contribution in [3.8, 4) is 0 Å². The molecule has 0 unspecified atom stereocenters. The highest BCUT2D eigenvalue weighted by atomic mass is 32.2. The van der Waals surface area contributed by atoms with Gasteiger partial charge in [-0.3, -0.25) is 4.72 Å². The lowest BCUT2D eigenvalue weighted by atomic mass is 10.2. The van der Waals surface area contributed by atoms with Crippen LogP contribution in [0.3, 0.4) is 0 Å². The summed E-state index contributed by atoms with van der Waals surface area (Å²) in [5.74, 6) is 0.00775. The van der Waals surface area contributed by atoms with Gasteiger partial charge in [-0.25, -0.2) is 21.6 Å². The summed E-state index contributed by atoms with van der Waals surface area (Å²) in [6, 6.07) is 6.67. The van der Waals surface area contributed by atoms with E-state index in [0.29, 0.717) is 18.7 Å². The van der Waals surface area contributed by atoms with Crippen LogP contribution >= 0.6 is 0 Å². The number of nitrogens with zero attached hydrogens (tertiary/aromatic N) is 1. The van der Waals surface area contributed by atoms with Crippen LogP contribution in [-0.2, 0) is 26.5 Å². The molecule has 23 heavy (non-hydrogen) atoms. The lowest BCUT2D eigenvalue weighted by molar-refractivity contribution is 0.400. The molecule has 1 aromatic carbocycles. The predicted octanol–water partition coefficient (Wildman–Crippen LogP) is 0.472. The number of sulfonamides is 2. The van der Waals surface area contributed by atoms with Crippen LogP contribution in [0.15, 0.2) is 24.3 Å². The van der Waals surface area contributed by atoms with E-state index in [1.54, 1.807) is 24.3 Å². The van der Waals surface area contributed by atoms with Crippen molar-refractivity contribution >= 4 is 25.7 Å². The van der Waals surface area contributed by atoms with E-state index >= 15 is 0 Å². The number of anilines is 1. The largest absolute Gasteiger partial charge is 0.309 e. The second-order valence-electron chi connectivity index (χ2n) is 5.69. The zero-order chi connectivity index (χ0) is 17.5. The van der Waals surface area contributed by atoms with Crippen molar-refractivity contribution in [1.29, 1.82) is 0 Å². The third-order valence-corrected chi connectivity index (χ3v) is 5.01. The molecule has 0 saturated carbocycles. The predicted molar refractivity (Wildman–Crippen MR) is 93.6 cm³/mol. The van der Waals surface area contributed by atoms with Gasteiger partial charge in [0.2, 0.25) is 20.0 Å². The van der Waals surface area contributed by atoms with Crippen LogP contribution in [0.5, 0.6) is 0 Å². The smallest absolute Gasteiger partial charge is 0.229 e. The van der Waals surface area contributed by atoms with E-state index in [4.69, 9.17) is 0 Å². The Morgan fingerprint density at radius 1 is 1.04 bits per heavy atom. The van der Waals surface area contributed by atoms with Gasteiger partial charge in [-0.2, -0.15) is 0 Å². The zero-order valence-corrected chi connectivity index (χ0v) is 15.4. The maximum absolute atomic E-state index is 11.9. The first-order chi connectivity index (χ1) is 10.6. The molecule has 0 aromatic heterocycles. The van der Waals surface area contributed by atoms with Crippen molar-refractivity contribution in [2.45, 2.75) is 12.8 Å². The van der Waals surface area contributed by atoms with Gasteiger partial charge in [0.05, 0.1) is 12.0 Å². The van der Waals surface area contributed by atoms with Crippen LogP contribution in [0.1, 0.15) is 12.0 Å². The van der Waals surface area contributed by atoms with Crippen molar-refractivity contribution in [3.05, 3.63) is 29.8 Å². The van der Waals surface area contributed by atoms with Crippen LogP contribution in [0, 0.1) is 0 Å². The molecule has 0 bridgehead atoms. The molecule has 0 atom stereocenters. The van der Waals surface area contributed by atoms with Gasteiger partial charge in [0.1, 0.15) is 0 Å². The van der Waals surface area contributed by atoms with Crippen molar-refractivity contribution in [1.82, 2.24) is 9.62 Å². The molecular weight excluding hydrogens is 338 g/mol. The van der Waals surface area contributed by atoms with Crippen LogP contribution in [-0.4, -0.2) is 60.9 Å². The quantitative estimate of drug-likeness (QED) is 0.589. The fraction of sp³-hybridized carbons (Fsp3) is 0.571. The van der Waals surface area contributed by atoms with E-state index in [2.05, 4.69) is 9.44 Å². The van der Waals surface area contributed by atoms with E-state index in [-0.39, 0.29) is 5.75 Å². The van der Waals surface area contributed by atoms with E-state index < -0.39 is 20.0 Å². The van der Waals surface area contributed by atoms with Crippen molar-refractivity contribution < 1.29 is 16.8 Å². The summed E-state index contributed by atoms with van der Waals surface area (Å²) in [4.78, 5) is 2.00. The lowest BCUT2D eigenvalue weighted by Crippen LogP contribution is -2.30. The van der Waals surface area contributed by atoms with Crippen LogP contribution < -0.4 is 9.44 Å². The van der Waals surface area contributed by atoms with Gasteiger partial charge in [-0.05, 0) is 51.2 Å². The normalized spacial score (nSPS) is 12.5. The summed E-state index contributed by atoms with van der Waals surface area (Å²) in [5.41, 5.74) is 1.30. The SMILES string of the molecule is CN(C)CCCNS(=O)(=O)CCc1ccc(NS(C)(=O)=O)cc1. The molecule has 0 radical (unpaired) electrons. The molecule has 0 saturated heterocycles. The third-order valence-electron chi connectivity index (χ3n) is 3.02. The highest BCUT2D eigenvalue weighted by Gasteiger charge is 2.10. The summed E-state index contributed by atoms with van der Waals surface area (Å²) in [6.07, 6.45) is 2.22. The molecule has 9 heteroatoms. The average molecular weight is 364 g/mol. The molecule has 1 rings (SSSR count). The second kappa shape index (κ2) is 8.62. The number of aryl methyl sites for hydroxylation is 1. The van der Waals surface area contributed by atoms with Crippen molar-refractivity contribution in [2.75, 3.05) is 43.9 Å². The number of nitrogens with one attached hydrogen (secondary N) is 2. The van der Waals surface area contributed by atoms with Crippen LogP contribution in [0.25, 0.3) is 0 Å².